The van der Waals surface area contributed by atoms with Crippen molar-refractivity contribution in [1.82, 2.24) is 10.2 Å². The van der Waals surface area contributed by atoms with E-state index in [0.29, 0.717) is 12.3 Å². The average Bonchev–Trinajstić information content (AvgIpc) is 2.61. The first-order chi connectivity index (χ1) is 8.16. The lowest BCUT2D eigenvalue weighted by Crippen LogP contribution is -2.03. The van der Waals surface area contributed by atoms with E-state index in [0.717, 1.165) is 23.6 Å². The van der Waals surface area contributed by atoms with Crippen LogP contribution in [-0.2, 0) is 6.42 Å². The van der Waals surface area contributed by atoms with Crippen molar-refractivity contribution >= 4 is 5.69 Å². The van der Waals surface area contributed by atoms with Crippen LogP contribution in [0.1, 0.15) is 17.0 Å². The molecule has 0 aliphatic carbocycles. The molecule has 0 radical (unpaired) electrons. The van der Waals surface area contributed by atoms with Gasteiger partial charge < -0.3 is 10.5 Å². The van der Waals surface area contributed by atoms with Gasteiger partial charge in [0, 0.05) is 23.9 Å². The third-order valence-electron chi connectivity index (χ3n) is 2.82. The largest absolute Gasteiger partial charge is 0.493 e. The maximum absolute atomic E-state index is 5.67. The van der Waals surface area contributed by atoms with E-state index in [-0.39, 0.29) is 0 Å². The molecular weight excluding hydrogens is 214 g/mol. The Morgan fingerprint density at radius 3 is 2.82 bits per heavy atom. The summed E-state index contributed by atoms with van der Waals surface area (Å²) in [5.74, 6) is 0.801. The molecule has 0 aliphatic heterocycles. The van der Waals surface area contributed by atoms with Gasteiger partial charge in [0.05, 0.1) is 12.3 Å². The van der Waals surface area contributed by atoms with Crippen LogP contribution >= 0.6 is 0 Å². The first-order valence-corrected chi connectivity index (χ1v) is 5.65. The Labute approximate surface area is 101 Å². The van der Waals surface area contributed by atoms with E-state index < -0.39 is 0 Å². The highest BCUT2D eigenvalue weighted by atomic mass is 16.5. The molecule has 17 heavy (non-hydrogen) atoms. The van der Waals surface area contributed by atoms with Gasteiger partial charge in [0.25, 0.3) is 0 Å². The topological polar surface area (TPSA) is 63.9 Å². The molecule has 4 nitrogen and oxygen atoms in total. The number of anilines is 1. The van der Waals surface area contributed by atoms with Crippen molar-refractivity contribution in [2.75, 3.05) is 12.3 Å². The van der Waals surface area contributed by atoms with Gasteiger partial charge in [-0.25, -0.2) is 0 Å². The first-order valence-electron chi connectivity index (χ1n) is 5.65. The zero-order valence-electron chi connectivity index (χ0n) is 10.2. The predicted octanol–water partition coefficient (Wildman–Crippen LogP) is 2.23. The number of hydrogen-bond acceptors (Lipinski definition) is 3. The summed E-state index contributed by atoms with van der Waals surface area (Å²) in [6.07, 6.45) is 0.797. The number of rotatable bonds is 4. The Bertz CT molecular complexity index is 505. The molecule has 0 amide bonds. The smallest absolute Gasteiger partial charge is 0.121 e. The van der Waals surface area contributed by atoms with Crippen molar-refractivity contribution < 1.29 is 4.74 Å². The van der Waals surface area contributed by atoms with Crippen molar-refractivity contribution in [3.05, 3.63) is 41.2 Å². The highest BCUT2D eigenvalue weighted by Crippen LogP contribution is 2.15. The van der Waals surface area contributed by atoms with E-state index in [1.54, 1.807) is 0 Å². The van der Waals surface area contributed by atoms with Crippen LogP contribution in [-0.4, -0.2) is 16.8 Å². The molecule has 2 aromatic rings. The van der Waals surface area contributed by atoms with E-state index >= 15 is 0 Å². The number of nitrogens with zero attached hydrogens (tertiary/aromatic N) is 1. The van der Waals surface area contributed by atoms with Crippen LogP contribution in [0.2, 0.25) is 0 Å². The minimum Gasteiger partial charge on any atom is -0.493 e. The number of nitrogens with two attached hydrogens (primary N) is 1. The van der Waals surface area contributed by atoms with Crippen LogP contribution in [0.5, 0.6) is 5.75 Å². The Balaban J connectivity index is 1.90. The van der Waals surface area contributed by atoms with Crippen molar-refractivity contribution in [2.45, 2.75) is 20.3 Å². The van der Waals surface area contributed by atoms with E-state index in [2.05, 4.69) is 17.1 Å². The fraction of sp³-hybridized carbons (Fsp3) is 0.308. The van der Waals surface area contributed by atoms with Gasteiger partial charge in [-0.15, -0.1) is 0 Å². The van der Waals surface area contributed by atoms with Gasteiger partial charge >= 0.3 is 0 Å². The zero-order valence-corrected chi connectivity index (χ0v) is 10.2. The first kappa shape index (κ1) is 11.5. The molecule has 2 rings (SSSR count). The molecule has 3 N–H and O–H groups in total. The summed E-state index contributed by atoms with van der Waals surface area (Å²) in [4.78, 5) is 0. The van der Waals surface area contributed by atoms with E-state index in [4.69, 9.17) is 10.5 Å². The Hall–Kier alpha value is -1.97. The summed E-state index contributed by atoms with van der Waals surface area (Å²) in [5, 5.41) is 7.20. The number of aryl methyl sites for hydroxylation is 1. The minimum atomic E-state index is 0.606. The van der Waals surface area contributed by atoms with Crippen molar-refractivity contribution in [2.24, 2.45) is 0 Å². The Morgan fingerprint density at radius 2 is 2.18 bits per heavy atom. The van der Waals surface area contributed by atoms with Crippen LogP contribution in [0, 0.1) is 13.8 Å². The zero-order chi connectivity index (χ0) is 12.3. The standard InChI is InChI=1S/C13H17N3O/c1-9-10(2)15-16-13(9)6-7-17-12-5-3-4-11(14)8-12/h3-5,8H,6-7,14H2,1-2H3,(H,15,16). The second-order valence-electron chi connectivity index (χ2n) is 4.09. The molecule has 4 heteroatoms. The summed E-state index contributed by atoms with van der Waals surface area (Å²) in [6.45, 7) is 4.69. The fourth-order valence-electron chi connectivity index (χ4n) is 1.65. The third kappa shape index (κ3) is 2.78. The van der Waals surface area contributed by atoms with Gasteiger partial charge in [-0.05, 0) is 31.5 Å². The molecule has 1 heterocycles. The summed E-state index contributed by atoms with van der Waals surface area (Å²) in [6, 6.07) is 7.45. The highest BCUT2D eigenvalue weighted by molar-refractivity contribution is 5.43. The lowest BCUT2D eigenvalue weighted by molar-refractivity contribution is 0.320. The summed E-state index contributed by atoms with van der Waals surface area (Å²) in [5.41, 5.74) is 9.77. The number of nitrogen functional groups attached to an aromatic ring is 1. The number of H-pyrrole nitrogens is 1. The van der Waals surface area contributed by atoms with E-state index in [1.807, 2.05) is 31.2 Å². The summed E-state index contributed by atoms with van der Waals surface area (Å²) < 4.78 is 5.62. The number of ether oxygens (including phenoxy) is 1. The number of hydrogen-bond donors (Lipinski definition) is 2. The highest BCUT2D eigenvalue weighted by Gasteiger charge is 2.05. The van der Waals surface area contributed by atoms with Gasteiger partial charge in [0.2, 0.25) is 0 Å². The molecule has 1 aromatic heterocycles. The molecule has 0 aliphatic rings. The van der Waals surface area contributed by atoms with Gasteiger partial charge in [0.15, 0.2) is 0 Å². The maximum Gasteiger partial charge on any atom is 0.121 e. The Morgan fingerprint density at radius 1 is 1.35 bits per heavy atom. The summed E-state index contributed by atoms with van der Waals surface area (Å²) in [7, 11) is 0. The monoisotopic (exact) mass is 231 g/mol. The number of nitrogens with one attached hydrogen (secondary N) is 1. The van der Waals surface area contributed by atoms with Gasteiger partial charge in [0.1, 0.15) is 5.75 Å². The molecular formula is C13H17N3O. The van der Waals surface area contributed by atoms with Gasteiger partial charge in [-0.1, -0.05) is 6.07 Å². The maximum atomic E-state index is 5.67. The molecule has 0 spiro atoms. The fourth-order valence-corrected chi connectivity index (χ4v) is 1.65. The average molecular weight is 231 g/mol. The molecule has 1 aromatic carbocycles. The van der Waals surface area contributed by atoms with E-state index in [1.165, 1.54) is 5.56 Å². The summed E-state index contributed by atoms with van der Waals surface area (Å²) >= 11 is 0. The van der Waals surface area contributed by atoms with Crippen molar-refractivity contribution in [3.63, 3.8) is 0 Å². The number of aromatic nitrogens is 2. The Kier molecular flexibility index (Phi) is 3.32. The number of benzene rings is 1. The third-order valence-corrected chi connectivity index (χ3v) is 2.82. The SMILES string of the molecule is Cc1[nH]nc(CCOc2cccc(N)c2)c1C. The predicted molar refractivity (Wildman–Crippen MR) is 68.1 cm³/mol. The lowest BCUT2D eigenvalue weighted by Gasteiger charge is -2.05. The van der Waals surface area contributed by atoms with Gasteiger partial charge in [-0.3, -0.25) is 5.10 Å². The van der Waals surface area contributed by atoms with E-state index in [9.17, 15) is 0 Å². The number of aromatic amines is 1. The van der Waals surface area contributed by atoms with Crippen LogP contribution < -0.4 is 10.5 Å². The van der Waals surface area contributed by atoms with Crippen LogP contribution in [0.25, 0.3) is 0 Å². The van der Waals surface area contributed by atoms with Crippen molar-refractivity contribution in [1.29, 1.82) is 0 Å². The minimum absolute atomic E-state index is 0.606. The normalized spacial score (nSPS) is 10.5. The lowest BCUT2D eigenvalue weighted by atomic mass is 10.2. The van der Waals surface area contributed by atoms with Gasteiger partial charge in [-0.2, -0.15) is 5.10 Å². The molecule has 0 atom stereocenters. The quantitative estimate of drug-likeness (QED) is 0.793. The van der Waals surface area contributed by atoms with Crippen LogP contribution in [0.4, 0.5) is 5.69 Å². The van der Waals surface area contributed by atoms with Crippen molar-refractivity contribution in [3.8, 4) is 5.75 Å². The molecule has 0 bridgehead atoms. The molecule has 0 saturated heterocycles. The molecule has 0 unspecified atom stereocenters. The molecule has 0 fully saturated rings. The molecule has 0 saturated carbocycles. The van der Waals surface area contributed by atoms with Crippen LogP contribution in [0.3, 0.4) is 0 Å². The molecule has 90 valence electrons. The second kappa shape index (κ2) is 4.91. The second-order valence-corrected chi connectivity index (χ2v) is 4.09. The van der Waals surface area contributed by atoms with Crippen LogP contribution in [0.15, 0.2) is 24.3 Å².